The fraction of sp³-hybridized carbons (Fsp3) is 0.190. The van der Waals surface area contributed by atoms with Gasteiger partial charge in [-0.2, -0.15) is 14.9 Å². The third-order valence-corrected chi connectivity index (χ3v) is 5.32. The number of imide groups is 1. The molecule has 0 unspecified atom stereocenters. The number of nitrogens with zero attached hydrogens (tertiary/aromatic N) is 4. The van der Waals surface area contributed by atoms with Gasteiger partial charge in [0.15, 0.2) is 5.65 Å². The number of hydrogen-bond acceptors (Lipinski definition) is 7. The second-order valence-electron chi connectivity index (χ2n) is 7.26. The van der Waals surface area contributed by atoms with Gasteiger partial charge in [-0.3, -0.25) is 10.1 Å². The van der Waals surface area contributed by atoms with Gasteiger partial charge in [0, 0.05) is 27.8 Å². The van der Waals surface area contributed by atoms with Crippen molar-refractivity contribution in [1.29, 1.82) is 5.26 Å². The Labute approximate surface area is 191 Å². The Balaban J connectivity index is 1.70. The van der Waals surface area contributed by atoms with E-state index in [1.807, 2.05) is 11.4 Å². The first kappa shape index (κ1) is 21.3. The fourth-order valence-electron chi connectivity index (χ4n) is 3.05. The summed E-state index contributed by atoms with van der Waals surface area (Å²) in [6.07, 6.45) is 5.88. The summed E-state index contributed by atoms with van der Waals surface area (Å²) in [4.78, 5) is 26.7. The maximum absolute atomic E-state index is 11.6. The number of anilines is 3. The molecule has 0 spiro atoms. The monoisotopic (exact) mass is 494 g/mol. The van der Waals surface area contributed by atoms with Crippen molar-refractivity contribution in [2.24, 2.45) is 0 Å². The molecule has 1 saturated carbocycles. The molecule has 0 radical (unpaired) electrons. The molecule has 11 heteroatoms. The number of carbonyl (C=O) groups is 2. The molecule has 0 saturated heterocycles. The number of allylic oxidation sites excluding steroid dienone is 1. The van der Waals surface area contributed by atoms with Gasteiger partial charge < -0.3 is 16.0 Å². The highest BCUT2D eigenvalue weighted by Crippen LogP contribution is 2.30. The zero-order valence-corrected chi connectivity index (χ0v) is 18.6. The molecular formula is C21H19BrN8O2. The average Bonchev–Trinajstić information content (AvgIpc) is 3.48. The summed E-state index contributed by atoms with van der Waals surface area (Å²) in [6.45, 7) is 1.70. The van der Waals surface area contributed by atoms with Crippen molar-refractivity contribution in [3.63, 3.8) is 0 Å². The molecule has 32 heavy (non-hydrogen) atoms. The van der Waals surface area contributed by atoms with E-state index in [0.29, 0.717) is 40.7 Å². The molecule has 1 aliphatic rings. The van der Waals surface area contributed by atoms with Crippen molar-refractivity contribution in [2.45, 2.75) is 25.8 Å². The number of nitrogens with one attached hydrogen (secondary N) is 4. The predicted molar refractivity (Wildman–Crippen MR) is 123 cm³/mol. The van der Waals surface area contributed by atoms with Crippen molar-refractivity contribution in [2.75, 3.05) is 10.6 Å². The first-order valence-electron chi connectivity index (χ1n) is 9.78. The molecular weight excluding hydrogens is 476 g/mol. The number of carbonyl (C=O) groups excluding carboxylic acids is 2. The predicted octanol–water partition coefficient (Wildman–Crippen LogP) is 3.50. The molecule has 1 aromatic carbocycles. The highest BCUT2D eigenvalue weighted by Gasteiger charge is 2.23. The molecule has 10 nitrogen and oxygen atoms in total. The number of urea groups is 1. The zero-order valence-electron chi connectivity index (χ0n) is 17.0. The number of rotatable bonds is 7. The molecule has 2 aromatic heterocycles. The smallest absolute Gasteiger partial charge is 0.325 e. The number of amides is 3. The van der Waals surface area contributed by atoms with E-state index in [1.165, 1.54) is 0 Å². The zero-order chi connectivity index (χ0) is 22.7. The summed E-state index contributed by atoms with van der Waals surface area (Å²) in [5.74, 6) is 1.37. The third-order valence-electron chi connectivity index (χ3n) is 4.66. The van der Waals surface area contributed by atoms with E-state index in [9.17, 15) is 9.59 Å². The lowest BCUT2D eigenvalue weighted by atomic mass is 10.2. The van der Waals surface area contributed by atoms with Crippen LogP contribution in [0, 0.1) is 11.3 Å². The number of halogens is 1. The molecule has 0 bridgehead atoms. The van der Waals surface area contributed by atoms with E-state index in [2.05, 4.69) is 43.0 Å². The van der Waals surface area contributed by atoms with Crippen molar-refractivity contribution in [3.05, 3.63) is 51.8 Å². The van der Waals surface area contributed by atoms with E-state index in [-0.39, 0.29) is 0 Å². The van der Waals surface area contributed by atoms with E-state index >= 15 is 0 Å². The topological polar surface area (TPSA) is 136 Å². The van der Waals surface area contributed by atoms with Gasteiger partial charge in [-0.1, -0.05) is 0 Å². The molecule has 0 aliphatic heterocycles. The van der Waals surface area contributed by atoms with Crippen LogP contribution in [-0.2, 0) is 4.79 Å². The van der Waals surface area contributed by atoms with E-state index in [1.54, 1.807) is 41.9 Å². The Kier molecular flexibility index (Phi) is 6.04. The minimum absolute atomic E-state index is 0.314. The number of benzene rings is 1. The second-order valence-corrected chi connectivity index (χ2v) is 8.11. The molecule has 1 fully saturated rings. The van der Waals surface area contributed by atoms with Gasteiger partial charge in [0.1, 0.15) is 11.6 Å². The van der Waals surface area contributed by atoms with Gasteiger partial charge in [0.25, 0.3) is 0 Å². The van der Waals surface area contributed by atoms with Crippen LogP contribution in [0.5, 0.6) is 0 Å². The fourth-order valence-corrected chi connectivity index (χ4v) is 3.53. The number of fused-ring (bicyclic) bond motifs is 1. The Morgan fingerprint density at radius 2 is 2.16 bits per heavy atom. The van der Waals surface area contributed by atoms with E-state index in [4.69, 9.17) is 10.2 Å². The largest absolute Gasteiger partial charge is 0.367 e. The minimum atomic E-state index is -0.623. The van der Waals surface area contributed by atoms with Gasteiger partial charge in [-0.05, 0) is 60.0 Å². The Morgan fingerprint density at radius 3 is 2.84 bits per heavy atom. The first-order valence-corrected chi connectivity index (χ1v) is 10.6. The lowest BCUT2D eigenvalue weighted by Gasteiger charge is -2.13. The van der Waals surface area contributed by atoms with Crippen LogP contribution in [0.15, 0.2) is 40.6 Å². The molecule has 3 amide bonds. The molecule has 162 valence electrons. The summed E-state index contributed by atoms with van der Waals surface area (Å²) in [6, 6.07) is 9.02. The first-order chi connectivity index (χ1) is 15.5. The van der Waals surface area contributed by atoms with Crippen LogP contribution in [0.2, 0.25) is 0 Å². The SMILES string of the molecule is C/C(=C/c1cnn2c(NC3CC3)cc(Nc3ccc(C#N)cc3Br)nc12)NC(=O)NC=O. The van der Waals surface area contributed by atoms with Crippen molar-refractivity contribution in [3.8, 4) is 6.07 Å². The standard InChI is InChI=1S/C21H19BrN8O2/c1-12(26-21(32)24-11-31)6-14-10-25-30-19(27-15-3-4-15)8-18(29-20(14)30)28-17-5-2-13(9-23)7-16(17)22/h2,5-8,10-11,15,27H,3-4H2,1H3,(H,28,29)(H2,24,26,31,32)/b12-6-. The third kappa shape index (κ3) is 4.87. The van der Waals surface area contributed by atoms with Crippen molar-refractivity contribution >= 4 is 57.4 Å². The van der Waals surface area contributed by atoms with Gasteiger partial charge in [0.2, 0.25) is 6.41 Å². The number of nitriles is 1. The van der Waals surface area contributed by atoms with Crippen LogP contribution < -0.4 is 21.3 Å². The van der Waals surface area contributed by atoms with Crippen LogP contribution in [0.1, 0.15) is 30.9 Å². The molecule has 1 aliphatic carbocycles. The maximum Gasteiger partial charge on any atom is 0.325 e. The Bertz CT molecular complexity index is 1270. The van der Waals surface area contributed by atoms with Crippen LogP contribution in [0.3, 0.4) is 0 Å². The molecule has 2 heterocycles. The van der Waals surface area contributed by atoms with Crippen molar-refractivity contribution < 1.29 is 9.59 Å². The highest BCUT2D eigenvalue weighted by molar-refractivity contribution is 9.10. The summed E-state index contributed by atoms with van der Waals surface area (Å²) >= 11 is 3.48. The van der Waals surface area contributed by atoms with Crippen LogP contribution in [0.4, 0.5) is 22.1 Å². The number of hydrogen-bond donors (Lipinski definition) is 4. The lowest BCUT2D eigenvalue weighted by Crippen LogP contribution is -2.33. The van der Waals surface area contributed by atoms with Crippen LogP contribution in [0.25, 0.3) is 11.7 Å². The Morgan fingerprint density at radius 1 is 1.34 bits per heavy atom. The normalized spacial score (nSPS) is 13.3. The quantitative estimate of drug-likeness (QED) is 0.369. The summed E-state index contributed by atoms with van der Waals surface area (Å²) in [7, 11) is 0. The highest BCUT2D eigenvalue weighted by atomic mass is 79.9. The van der Waals surface area contributed by atoms with E-state index in [0.717, 1.165) is 28.8 Å². The maximum atomic E-state index is 11.6. The van der Waals surface area contributed by atoms with Gasteiger partial charge in [-0.15, -0.1) is 0 Å². The van der Waals surface area contributed by atoms with Crippen LogP contribution >= 0.6 is 15.9 Å². The lowest BCUT2D eigenvalue weighted by molar-refractivity contribution is -0.108. The van der Waals surface area contributed by atoms with Gasteiger partial charge >= 0.3 is 6.03 Å². The van der Waals surface area contributed by atoms with Gasteiger partial charge in [0.05, 0.1) is 23.5 Å². The summed E-state index contributed by atoms with van der Waals surface area (Å²) in [5.41, 5.74) is 3.10. The summed E-state index contributed by atoms with van der Waals surface area (Å²) < 4.78 is 2.45. The van der Waals surface area contributed by atoms with Gasteiger partial charge in [-0.25, -0.2) is 9.78 Å². The van der Waals surface area contributed by atoms with Crippen LogP contribution in [-0.4, -0.2) is 33.1 Å². The second kappa shape index (κ2) is 9.07. The van der Waals surface area contributed by atoms with Crippen molar-refractivity contribution in [1.82, 2.24) is 25.2 Å². The average molecular weight is 495 g/mol. The van der Waals surface area contributed by atoms with E-state index < -0.39 is 6.03 Å². The minimum Gasteiger partial charge on any atom is -0.367 e. The molecule has 4 N–H and O–H groups in total. The Hall–Kier alpha value is -3.91. The number of aromatic nitrogens is 3. The molecule has 0 atom stereocenters. The molecule has 3 aromatic rings. The molecule has 4 rings (SSSR count). The summed E-state index contributed by atoms with van der Waals surface area (Å²) in [5, 5.41) is 24.9.